The average molecular weight is 368 g/mol. The van der Waals surface area contributed by atoms with Gasteiger partial charge in [0.05, 0.1) is 12.2 Å². The third kappa shape index (κ3) is 5.31. The highest BCUT2D eigenvalue weighted by Gasteiger charge is 2.26. The van der Waals surface area contributed by atoms with Crippen LogP contribution in [0.5, 0.6) is 0 Å². The Balaban J connectivity index is 1.55. The van der Waals surface area contributed by atoms with Crippen LogP contribution in [0.15, 0.2) is 42.1 Å². The van der Waals surface area contributed by atoms with Gasteiger partial charge in [-0.05, 0) is 19.4 Å². The van der Waals surface area contributed by atoms with Gasteiger partial charge in [0.2, 0.25) is 0 Å². The molecule has 2 saturated heterocycles. The van der Waals surface area contributed by atoms with Crippen molar-refractivity contribution in [3.63, 3.8) is 0 Å². The number of carbonyl (C=O) groups excluding carboxylic acids is 1. The smallest absolute Gasteiger partial charge is 0.266 e. The normalized spacial score (nSPS) is 24.6. The van der Waals surface area contributed by atoms with E-state index in [1.807, 2.05) is 36.9 Å². The number of hydrogen-bond acceptors (Lipinski definition) is 5. The van der Waals surface area contributed by atoms with Gasteiger partial charge in [-0.3, -0.25) is 9.69 Å². The fourth-order valence-corrected chi connectivity index (χ4v) is 3.76. The van der Waals surface area contributed by atoms with Gasteiger partial charge in [-0.25, -0.2) is 0 Å². The van der Waals surface area contributed by atoms with Gasteiger partial charge in [-0.1, -0.05) is 30.3 Å². The first-order valence-electron chi connectivity index (χ1n) is 9.62. The van der Waals surface area contributed by atoms with E-state index in [0.29, 0.717) is 26.2 Å². The molecule has 6 heteroatoms. The predicted molar refractivity (Wildman–Crippen MR) is 104 cm³/mol. The van der Waals surface area contributed by atoms with Crippen LogP contribution in [0.1, 0.15) is 19.4 Å². The second-order valence-corrected chi connectivity index (χ2v) is 7.42. The molecular weight excluding hydrogens is 340 g/mol. The Kier molecular flexibility index (Phi) is 6.49. The van der Waals surface area contributed by atoms with Gasteiger partial charge in [0.1, 0.15) is 11.6 Å². The number of benzene rings is 1. The number of carbonyl (C=O) groups is 1. The predicted octanol–water partition coefficient (Wildman–Crippen LogP) is 1.85. The molecule has 0 spiro atoms. The summed E-state index contributed by atoms with van der Waals surface area (Å²) in [6.07, 6.45) is 1.91. The van der Waals surface area contributed by atoms with Gasteiger partial charge < -0.3 is 14.5 Å². The van der Waals surface area contributed by atoms with Crippen molar-refractivity contribution in [3.8, 4) is 6.07 Å². The standard InChI is InChI=1S/C21H28N4O2/c1-17-13-24(14-18(2)27-17)16-20(12-22)21(26)25-10-8-23(9-11-25)15-19-6-4-3-5-7-19/h3-7,16-18H,8-11,13-15H2,1-2H3/b20-16-. The molecule has 2 aliphatic heterocycles. The number of morpholine rings is 1. The monoisotopic (exact) mass is 368 g/mol. The maximum Gasteiger partial charge on any atom is 0.266 e. The second kappa shape index (κ2) is 9.03. The van der Waals surface area contributed by atoms with Gasteiger partial charge in [0, 0.05) is 52.0 Å². The Morgan fingerprint density at radius 3 is 2.37 bits per heavy atom. The molecule has 2 atom stereocenters. The second-order valence-electron chi connectivity index (χ2n) is 7.42. The molecule has 2 unspecified atom stereocenters. The molecule has 27 heavy (non-hydrogen) atoms. The van der Waals surface area contributed by atoms with Crippen LogP contribution < -0.4 is 0 Å². The van der Waals surface area contributed by atoms with Gasteiger partial charge in [-0.2, -0.15) is 5.26 Å². The molecule has 3 rings (SSSR count). The van der Waals surface area contributed by atoms with Gasteiger partial charge in [0.25, 0.3) is 5.91 Å². The summed E-state index contributed by atoms with van der Waals surface area (Å²) in [5.41, 5.74) is 1.50. The number of nitriles is 1. The number of hydrogen-bond donors (Lipinski definition) is 0. The highest BCUT2D eigenvalue weighted by molar-refractivity contribution is 5.97. The molecule has 0 radical (unpaired) electrons. The SMILES string of the molecule is CC1CN(/C=C(/C#N)C(=O)N2CCN(Cc3ccccc3)CC2)CC(C)O1. The third-order valence-electron chi connectivity index (χ3n) is 5.02. The number of rotatable bonds is 4. The minimum Gasteiger partial charge on any atom is -0.372 e. The van der Waals surface area contributed by atoms with E-state index in [-0.39, 0.29) is 23.7 Å². The molecular formula is C21H28N4O2. The Bertz CT molecular complexity index is 695. The van der Waals surface area contributed by atoms with E-state index >= 15 is 0 Å². The Labute approximate surface area is 161 Å². The first-order chi connectivity index (χ1) is 13.0. The van der Waals surface area contributed by atoms with E-state index in [0.717, 1.165) is 19.6 Å². The van der Waals surface area contributed by atoms with E-state index < -0.39 is 0 Å². The number of piperazine rings is 1. The van der Waals surface area contributed by atoms with Crippen LogP contribution in [0.3, 0.4) is 0 Å². The van der Waals surface area contributed by atoms with E-state index in [2.05, 4.69) is 23.1 Å². The van der Waals surface area contributed by atoms with Gasteiger partial charge >= 0.3 is 0 Å². The minimum absolute atomic E-state index is 0.0987. The maximum absolute atomic E-state index is 12.8. The lowest BCUT2D eigenvalue weighted by molar-refractivity contribution is -0.128. The molecule has 144 valence electrons. The molecule has 0 bridgehead atoms. The quantitative estimate of drug-likeness (QED) is 0.600. The van der Waals surface area contributed by atoms with Crippen molar-refractivity contribution in [2.45, 2.75) is 32.6 Å². The zero-order chi connectivity index (χ0) is 19.2. The summed E-state index contributed by atoms with van der Waals surface area (Å²) in [6, 6.07) is 12.5. The summed E-state index contributed by atoms with van der Waals surface area (Å²) in [7, 11) is 0. The minimum atomic E-state index is -0.163. The molecule has 2 aliphatic rings. The Morgan fingerprint density at radius 1 is 1.15 bits per heavy atom. The van der Waals surface area contributed by atoms with Crippen molar-refractivity contribution < 1.29 is 9.53 Å². The van der Waals surface area contributed by atoms with Crippen LogP contribution in [0.4, 0.5) is 0 Å². The number of nitrogens with zero attached hydrogens (tertiary/aromatic N) is 4. The topological polar surface area (TPSA) is 59.8 Å². The number of amides is 1. The average Bonchev–Trinajstić information content (AvgIpc) is 2.66. The Hall–Kier alpha value is -2.36. The van der Waals surface area contributed by atoms with Crippen LogP contribution in [-0.4, -0.2) is 72.1 Å². The summed E-state index contributed by atoms with van der Waals surface area (Å²) in [5, 5.41) is 9.50. The summed E-state index contributed by atoms with van der Waals surface area (Å²) in [5.74, 6) is -0.163. The zero-order valence-electron chi connectivity index (χ0n) is 16.2. The largest absolute Gasteiger partial charge is 0.372 e. The molecule has 0 N–H and O–H groups in total. The summed E-state index contributed by atoms with van der Waals surface area (Å²) < 4.78 is 5.71. The fourth-order valence-electron chi connectivity index (χ4n) is 3.76. The zero-order valence-corrected chi connectivity index (χ0v) is 16.2. The van der Waals surface area contributed by atoms with Crippen molar-refractivity contribution in [1.82, 2.24) is 14.7 Å². The fraction of sp³-hybridized carbons (Fsp3) is 0.524. The van der Waals surface area contributed by atoms with Gasteiger partial charge in [-0.15, -0.1) is 0 Å². The van der Waals surface area contributed by atoms with E-state index in [1.165, 1.54) is 5.56 Å². The molecule has 1 aromatic carbocycles. The van der Waals surface area contributed by atoms with Crippen molar-refractivity contribution in [1.29, 1.82) is 5.26 Å². The van der Waals surface area contributed by atoms with Crippen LogP contribution in [0, 0.1) is 11.3 Å². The van der Waals surface area contributed by atoms with Gasteiger partial charge in [0.15, 0.2) is 0 Å². The summed E-state index contributed by atoms with van der Waals surface area (Å²) in [4.78, 5) is 19.0. The maximum atomic E-state index is 12.8. The van der Waals surface area contributed by atoms with Crippen LogP contribution >= 0.6 is 0 Å². The highest BCUT2D eigenvalue weighted by Crippen LogP contribution is 2.15. The van der Waals surface area contributed by atoms with Crippen molar-refractivity contribution in [2.75, 3.05) is 39.3 Å². The molecule has 0 aromatic heterocycles. The van der Waals surface area contributed by atoms with Crippen LogP contribution in [0.25, 0.3) is 0 Å². The van der Waals surface area contributed by atoms with Crippen LogP contribution in [-0.2, 0) is 16.1 Å². The van der Waals surface area contributed by atoms with E-state index in [1.54, 1.807) is 11.1 Å². The number of ether oxygens (including phenoxy) is 1. The molecule has 2 heterocycles. The summed E-state index contributed by atoms with van der Waals surface area (Å²) >= 11 is 0. The van der Waals surface area contributed by atoms with Crippen molar-refractivity contribution in [3.05, 3.63) is 47.7 Å². The van der Waals surface area contributed by atoms with Crippen LogP contribution in [0.2, 0.25) is 0 Å². The van der Waals surface area contributed by atoms with Crippen molar-refractivity contribution in [2.24, 2.45) is 0 Å². The van der Waals surface area contributed by atoms with E-state index in [9.17, 15) is 10.1 Å². The molecule has 0 saturated carbocycles. The lowest BCUT2D eigenvalue weighted by Gasteiger charge is -2.36. The molecule has 0 aliphatic carbocycles. The van der Waals surface area contributed by atoms with Crippen molar-refractivity contribution >= 4 is 5.91 Å². The third-order valence-corrected chi connectivity index (χ3v) is 5.02. The lowest BCUT2D eigenvalue weighted by atomic mass is 10.1. The highest BCUT2D eigenvalue weighted by atomic mass is 16.5. The molecule has 2 fully saturated rings. The van der Waals surface area contributed by atoms with E-state index in [4.69, 9.17) is 4.74 Å². The molecule has 1 aromatic rings. The first-order valence-corrected chi connectivity index (χ1v) is 9.62. The summed E-state index contributed by atoms with van der Waals surface area (Å²) in [6.45, 7) is 9.28. The Morgan fingerprint density at radius 2 is 1.78 bits per heavy atom. The molecule has 6 nitrogen and oxygen atoms in total. The lowest BCUT2D eigenvalue weighted by Crippen LogP contribution is -2.49. The first kappa shape index (κ1) is 19.4. The molecule has 1 amide bonds.